The number of benzene rings is 1. The van der Waals surface area contributed by atoms with Gasteiger partial charge in [-0.3, -0.25) is 0 Å². The molecule has 1 aliphatic rings. The first-order valence-electron chi connectivity index (χ1n) is 6.54. The maximum Gasteiger partial charge on any atom is 0.127 e. The first-order chi connectivity index (χ1) is 8.79. The Hall–Kier alpha value is -0.550. The topological polar surface area (TPSA) is 52.6 Å². The van der Waals surface area contributed by atoms with Gasteiger partial charge in [-0.25, -0.2) is 0 Å². The summed E-state index contributed by atoms with van der Waals surface area (Å²) in [5.41, 5.74) is 4.06. The van der Waals surface area contributed by atoms with Crippen LogP contribution in [0.2, 0.25) is 0 Å². The smallest absolute Gasteiger partial charge is 0.127 e. The van der Waals surface area contributed by atoms with Gasteiger partial charge < -0.3 is 27.8 Å². The maximum atomic E-state index is 8.97. The standard InChI is InChI=1S/C14H17BrN2O.ClH/c15-9-4-5-12-11(8-9)10-2-1-3-13(14(10)17-12)16-6-7-18;/h4-5,8,13,16-18H,1-3,6-7H2;1H. The van der Waals surface area contributed by atoms with Crippen LogP contribution >= 0.6 is 15.9 Å². The molecule has 0 spiro atoms. The fourth-order valence-corrected chi connectivity index (χ4v) is 3.34. The highest BCUT2D eigenvalue weighted by molar-refractivity contribution is 9.10. The van der Waals surface area contributed by atoms with Crippen molar-refractivity contribution >= 4 is 26.8 Å². The second-order valence-corrected chi connectivity index (χ2v) is 5.87. The number of H-pyrrole nitrogens is 1. The van der Waals surface area contributed by atoms with Gasteiger partial charge in [-0.2, -0.15) is 0 Å². The number of aryl methyl sites for hydroxylation is 1. The third-order valence-electron chi connectivity index (χ3n) is 3.79. The van der Waals surface area contributed by atoms with Crippen LogP contribution in [0.25, 0.3) is 10.9 Å². The molecule has 1 aromatic heterocycles. The summed E-state index contributed by atoms with van der Waals surface area (Å²) in [5, 5.41) is 12.6. The number of halogens is 2. The number of aliphatic hydroxyl groups excluding tert-OH is 1. The van der Waals surface area contributed by atoms with Crippen LogP contribution in [-0.2, 0) is 6.42 Å². The van der Waals surface area contributed by atoms with Crippen LogP contribution in [-0.4, -0.2) is 23.2 Å². The lowest BCUT2D eigenvalue weighted by Crippen LogP contribution is -3.00. The van der Waals surface area contributed by atoms with Crippen LogP contribution in [0.3, 0.4) is 0 Å². The summed E-state index contributed by atoms with van der Waals surface area (Å²) in [6.07, 6.45) is 3.59. The Morgan fingerprint density at radius 2 is 2.26 bits per heavy atom. The Morgan fingerprint density at radius 1 is 1.42 bits per heavy atom. The molecule has 0 bridgehead atoms. The zero-order valence-electron chi connectivity index (χ0n) is 10.6. The van der Waals surface area contributed by atoms with Gasteiger partial charge in [0, 0.05) is 21.8 Å². The molecule has 19 heavy (non-hydrogen) atoms. The minimum Gasteiger partial charge on any atom is -1.00 e. The van der Waals surface area contributed by atoms with E-state index in [1.54, 1.807) is 0 Å². The zero-order chi connectivity index (χ0) is 12.5. The number of aromatic nitrogens is 1. The van der Waals surface area contributed by atoms with E-state index in [1.807, 2.05) is 0 Å². The van der Waals surface area contributed by atoms with Crippen LogP contribution in [0.1, 0.15) is 30.1 Å². The van der Waals surface area contributed by atoms with Crippen LogP contribution in [0, 0.1) is 0 Å². The molecule has 0 fully saturated rings. The Labute approximate surface area is 127 Å². The average molecular weight is 346 g/mol. The van der Waals surface area contributed by atoms with Gasteiger partial charge in [-0.05, 0) is 36.6 Å². The minimum absolute atomic E-state index is 0. The van der Waals surface area contributed by atoms with Gasteiger partial charge in [0.1, 0.15) is 6.04 Å². The average Bonchev–Trinajstić information content (AvgIpc) is 2.75. The van der Waals surface area contributed by atoms with E-state index < -0.39 is 0 Å². The lowest BCUT2D eigenvalue weighted by molar-refractivity contribution is -0.698. The molecule has 104 valence electrons. The number of aliphatic hydroxyl groups is 1. The Bertz CT molecular complexity index is 570. The Balaban J connectivity index is 0.00000133. The van der Waals surface area contributed by atoms with Crippen molar-refractivity contribution in [3.63, 3.8) is 0 Å². The van der Waals surface area contributed by atoms with E-state index >= 15 is 0 Å². The van der Waals surface area contributed by atoms with Crippen molar-refractivity contribution in [3.8, 4) is 0 Å². The van der Waals surface area contributed by atoms with E-state index in [-0.39, 0.29) is 19.0 Å². The van der Waals surface area contributed by atoms with Gasteiger partial charge in [-0.15, -0.1) is 0 Å². The van der Waals surface area contributed by atoms with E-state index in [1.165, 1.54) is 35.0 Å². The number of aromatic amines is 1. The number of quaternary nitrogens is 1. The summed E-state index contributed by atoms with van der Waals surface area (Å²) in [7, 11) is 0. The van der Waals surface area contributed by atoms with E-state index in [0.717, 1.165) is 17.4 Å². The second-order valence-electron chi connectivity index (χ2n) is 4.95. The number of nitrogens with two attached hydrogens (primary N) is 1. The third kappa shape index (κ3) is 2.82. The van der Waals surface area contributed by atoms with Crippen molar-refractivity contribution in [2.24, 2.45) is 0 Å². The largest absolute Gasteiger partial charge is 1.00 e. The Morgan fingerprint density at radius 3 is 3.05 bits per heavy atom. The van der Waals surface area contributed by atoms with E-state index in [9.17, 15) is 0 Å². The predicted molar refractivity (Wildman–Crippen MR) is 75.6 cm³/mol. The molecule has 1 unspecified atom stereocenters. The van der Waals surface area contributed by atoms with Gasteiger partial charge in [-0.1, -0.05) is 15.9 Å². The quantitative estimate of drug-likeness (QED) is 0.648. The highest BCUT2D eigenvalue weighted by Gasteiger charge is 2.26. The molecule has 1 heterocycles. The molecule has 0 saturated carbocycles. The summed E-state index contributed by atoms with van der Waals surface area (Å²) in [6.45, 7) is 1.03. The van der Waals surface area contributed by atoms with Crippen molar-refractivity contribution in [2.75, 3.05) is 13.2 Å². The molecule has 1 aliphatic carbocycles. The maximum absolute atomic E-state index is 8.97. The zero-order valence-corrected chi connectivity index (χ0v) is 13.0. The third-order valence-corrected chi connectivity index (χ3v) is 4.29. The molecular weight excluding hydrogens is 328 g/mol. The molecule has 2 aromatic rings. The lowest BCUT2D eigenvalue weighted by Gasteiger charge is -2.20. The first kappa shape index (κ1) is 14.9. The number of hydrogen-bond acceptors (Lipinski definition) is 1. The van der Waals surface area contributed by atoms with E-state index in [0.29, 0.717) is 6.04 Å². The molecule has 3 rings (SSSR count). The van der Waals surface area contributed by atoms with Gasteiger partial charge in [0.15, 0.2) is 0 Å². The summed E-state index contributed by atoms with van der Waals surface area (Å²) < 4.78 is 1.14. The molecule has 0 amide bonds. The molecule has 3 nitrogen and oxygen atoms in total. The number of rotatable bonds is 3. The van der Waals surface area contributed by atoms with Crippen LogP contribution in [0.5, 0.6) is 0 Å². The first-order valence-corrected chi connectivity index (χ1v) is 7.33. The van der Waals surface area contributed by atoms with Gasteiger partial charge >= 0.3 is 0 Å². The molecule has 1 atom stereocenters. The SMILES string of the molecule is OCC[NH2+]C1CCCc2c1[nH]c1ccc(Br)cc21.[Cl-]. The molecule has 0 saturated heterocycles. The molecular formula is C14H18BrClN2O. The van der Waals surface area contributed by atoms with Crippen LogP contribution < -0.4 is 17.7 Å². The van der Waals surface area contributed by atoms with Crippen LogP contribution in [0.4, 0.5) is 0 Å². The highest BCUT2D eigenvalue weighted by Crippen LogP contribution is 2.34. The van der Waals surface area contributed by atoms with Gasteiger partial charge in [0.05, 0.1) is 18.8 Å². The van der Waals surface area contributed by atoms with Crippen molar-refractivity contribution in [1.82, 2.24) is 4.98 Å². The Kier molecular flexibility index (Phi) is 4.90. The normalized spacial score (nSPS) is 18.1. The summed E-state index contributed by atoms with van der Waals surface area (Å²) in [6, 6.07) is 6.91. The number of hydrogen-bond donors (Lipinski definition) is 3. The monoisotopic (exact) mass is 344 g/mol. The van der Waals surface area contributed by atoms with Crippen molar-refractivity contribution in [2.45, 2.75) is 25.3 Å². The van der Waals surface area contributed by atoms with Crippen molar-refractivity contribution in [3.05, 3.63) is 33.9 Å². The minimum atomic E-state index is 0. The van der Waals surface area contributed by atoms with Crippen molar-refractivity contribution < 1.29 is 22.8 Å². The highest BCUT2D eigenvalue weighted by atomic mass is 79.9. The predicted octanol–water partition coefficient (Wildman–Crippen LogP) is -1.13. The summed E-state index contributed by atoms with van der Waals surface area (Å²) >= 11 is 3.55. The molecule has 1 aromatic carbocycles. The van der Waals surface area contributed by atoms with E-state index in [2.05, 4.69) is 44.4 Å². The summed E-state index contributed by atoms with van der Waals surface area (Å²) in [5.74, 6) is 0. The van der Waals surface area contributed by atoms with Gasteiger partial charge in [0.25, 0.3) is 0 Å². The molecule has 4 N–H and O–H groups in total. The number of fused-ring (bicyclic) bond motifs is 3. The van der Waals surface area contributed by atoms with Crippen LogP contribution in [0.15, 0.2) is 22.7 Å². The fourth-order valence-electron chi connectivity index (χ4n) is 2.98. The fraction of sp³-hybridized carbons (Fsp3) is 0.429. The molecule has 5 heteroatoms. The second kappa shape index (κ2) is 6.27. The number of nitrogens with one attached hydrogen (secondary N) is 1. The van der Waals surface area contributed by atoms with Gasteiger partial charge in [0.2, 0.25) is 0 Å². The molecule has 0 radical (unpaired) electrons. The summed E-state index contributed by atoms with van der Waals surface area (Å²) in [4.78, 5) is 3.57. The lowest BCUT2D eigenvalue weighted by atomic mass is 9.92. The van der Waals surface area contributed by atoms with E-state index in [4.69, 9.17) is 5.11 Å². The van der Waals surface area contributed by atoms with Crippen molar-refractivity contribution in [1.29, 1.82) is 0 Å². The molecule has 0 aliphatic heterocycles.